The molecule has 33 heavy (non-hydrogen) atoms. The number of carbonyl (C=O) groups excluding carboxylic acids is 1. The molecule has 0 spiro atoms. The van der Waals surface area contributed by atoms with Crippen molar-refractivity contribution in [2.45, 2.75) is 6.92 Å². The monoisotopic (exact) mass is 435 g/mol. The van der Waals surface area contributed by atoms with Crippen LogP contribution in [0, 0.1) is 6.92 Å². The van der Waals surface area contributed by atoms with Crippen molar-refractivity contribution in [1.82, 2.24) is 4.98 Å². The van der Waals surface area contributed by atoms with E-state index in [-0.39, 0.29) is 5.78 Å². The van der Waals surface area contributed by atoms with Crippen LogP contribution in [0.15, 0.2) is 78.9 Å². The summed E-state index contributed by atoms with van der Waals surface area (Å²) in [5.74, 6) is 1.08. The Bertz CT molecular complexity index is 1350. The number of hydrogen-bond acceptors (Lipinski definition) is 4. The number of rotatable bonds is 7. The van der Waals surface area contributed by atoms with Crippen LogP contribution in [-0.2, 0) is 0 Å². The molecule has 0 unspecified atom stereocenters. The fraction of sp³-hybridized carbons (Fsp3) is 0.103. The van der Waals surface area contributed by atoms with Crippen molar-refractivity contribution in [1.29, 1.82) is 0 Å². The number of pyridine rings is 1. The second-order valence-electron chi connectivity index (χ2n) is 7.53. The molecule has 3 aromatic carbocycles. The van der Waals surface area contributed by atoms with Gasteiger partial charge in [-0.3, -0.25) is 9.78 Å². The maximum atomic E-state index is 13.4. The zero-order valence-electron chi connectivity index (χ0n) is 18.9. The third-order valence-electron chi connectivity index (χ3n) is 5.45. The Hall–Kier alpha value is -4.18. The van der Waals surface area contributed by atoms with Gasteiger partial charge >= 0.3 is 0 Å². The summed E-state index contributed by atoms with van der Waals surface area (Å²) >= 11 is 0. The average Bonchev–Trinajstić information content (AvgIpc) is 2.85. The number of hydrogen-bond donors (Lipinski definition) is 0. The molecule has 0 aliphatic carbocycles. The number of allylic oxidation sites excluding steroid dienone is 1. The van der Waals surface area contributed by atoms with E-state index < -0.39 is 0 Å². The van der Waals surface area contributed by atoms with Gasteiger partial charge in [0, 0.05) is 16.6 Å². The van der Waals surface area contributed by atoms with Gasteiger partial charge in [-0.1, -0.05) is 72.8 Å². The Morgan fingerprint density at radius 1 is 0.818 bits per heavy atom. The standard InChI is InChI=1S/C29H25NO3/c1-20-28(26(31)19-17-22-12-9-15-27(32-2)29(22)33-3)24(18-16-21-10-5-4-6-11-21)23-13-7-8-14-25(23)30-20/h4-19H,1-3H3/b18-16+,19-17+. The van der Waals surface area contributed by atoms with E-state index in [1.54, 1.807) is 26.4 Å². The highest BCUT2D eigenvalue weighted by Gasteiger charge is 2.16. The maximum Gasteiger partial charge on any atom is 0.188 e. The first kappa shape index (κ1) is 22.0. The van der Waals surface area contributed by atoms with E-state index in [2.05, 4.69) is 0 Å². The SMILES string of the molecule is COc1cccc(/C=C/C(=O)c2c(C)nc3ccccc3c2/C=C/c2ccccc2)c1OC. The lowest BCUT2D eigenvalue weighted by atomic mass is 9.96. The third-order valence-corrected chi connectivity index (χ3v) is 5.45. The molecule has 0 saturated carbocycles. The summed E-state index contributed by atoms with van der Waals surface area (Å²) in [5.41, 5.74) is 4.81. The van der Waals surface area contributed by atoms with Crippen molar-refractivity contribution in [3.05, 3.63) is 107 Å². The van der Waals surface area contributed by atoms with Crippen molar-refractivity contribution in [3.63, 3.8) is 0 Å². The number of nitrogens with zero attached hydrogens (tertiary/aromatic N) is 1. The molecule has 0 radical (unpaired) electrons. The van der Waals surface area contributed by atoms with E-state index >= 15 is 0 Å². The normalized spacial score (nSPS) is 11.4. The van der Waals surface area contributed by atoms with E-state index in [9.17, 15) is 4.79 Å². The summed E-state index contributed by atoms with van der Waals surface area (Å²) in [4.78, 5) is 18.1. The van der Waals surface area contributed by atoms with Crippen LogP contribution in [0.2, 0.25) is 0 Å². The first-order valence-electron chi connectivity index (χ1n) is 10.7. The average molecular weight is 436 g/mol. The molecular weight excluding hydrogens is 410 g/mol. The first-order chi connectivity index (χ1) is 16.1. The summed E-state index contributed by atoms with van der Waals surface area (Å²) in [6.07, 6.45) is 7.34. The molecule has 0 aliphatic heterocycles. The van der Waals surface area contributed by atoms with Crippen LogP contribution < -0.4 is 9.47 Å². The molecule has 0 bridgehead atoms. The predicted molar refractivity (Wildman–Crippen MR) is 135 cm³/mol. The number of aryl methyl sites for hydroxylation is 1. The number of ketones is 1. The van der Waals surface area contributed by atoms with Gasteiger partial charge in [0.15, 0.2) is 17.3 Å². The number of benzene rings is 3. The Balaban J connectivity index is 1.80. The second kappa shape index (κ2) is 9.96. The number of methoxy groups -OCH3 is 2. The van der Waals surface area contributed by atoms with Gasteiger partial charge in [0.25, 0.3) is 0 Å². The van der Waals surface area contributed by atoms with E-state index in [1.807, 2.05) is 91.9 Å². The van der Waals surface area contributed by atoms with Gasteiger partial charge in [0.1, 0.15) is 0 Å². The van der Waals surface area contributed by atoms with Gasteiger partial charge in [-0.2, -0.15) is 0 Å². The van der Waals surface area contributed by atoms with Crippen molar-refractivity contribution in [2.75, 3.05) is 14.2 Å². The first-order valence-corrected chi connectivity index (χ1v) is 10.7. The summed E-state index contributed by atoms with van der Waals surface area (Å²) < 4.78 is 10.9. The Labute approximate surface area is 193 Å². The van der Waals surface area contributed by atoms with Gasteiger partial charge < -0.3 is 9.47 Å². The van der Waals surface area contributed by atoms with Gasteiger partial charge in [0.2, 0.25) is 0 Å². The lowest BCUT2D eigenvalue weighted by molar-refractivity contribution is 0.104. The lowest BCUT2D eigenvalue weighted by Gasteiger charge is -2.12. The van der Waals surface area contributed by atoms with E-state index in [4.69, 9.17) is 14.5 Å². The molecule has 1 aromatic heterocycles. The van der Waals surface area contributed by atoms with Gasteiger partial charge in [-0.15, -0.1) is 0 Å². The van der Waals surface area contributed by atoms with Gasteiger partial charge in [-0.05, 0) is 42.3 Å². The van der Waals surface area contributed by atoms with Crippen LogP contribution in [-0.4, -0.2) is 25.0 Å². The van der Waals surface area contributed by atoms with Crippen molar-refractivity contribution in [3.8, 4) is 11.5 Å². The number of fused-ring (bicyclic) bond motifs is 1. The largest absolute Gasteiger partial charge is 0.493 e. The minimum atomic E-state index is -0.122. The molecule has 164 valence electrons. The lowest BCUT2D eigenvalue weighted by Crippen LogP contribution is -2.05. The number of para-hydroxylation sites is 2. The fourth-order valence-corrected chi connectivity index (χ4v) is 3.88. The molecule has 0 amide bonds. The Morgan fingerprint density at radius 2 is 1.58 bits per heavy atom. The molecule has 0 aliphatic rings. The molecule has 1 heterocycles. The highest BCUT2D eigenvalue weighted by Crippen LogP contribution is 2.32. The minimum absolute atomic E-state index is 0.122. The van der Waals surface area contributed by atoms with Crippen LogP contribution in [0.4, 0.5) is 0 Å². The summed E-state index contributed by atoms with van der Waals surface area (Å²) in [5, 5.41) is 0.936. The molecule has 4 aromatic rings. The molecule has 4 nitrogen and oxygen atoms in total. The third kappa shape index (κ3) is 4.70. The van der Waals surface area contributed by atoms with E-state index in [0.717, 1.165) is 27.6 Å². The Morgan fingerprint density at radius 3 is 2.33 bits per heavy atom. The molecule has 0 N–H and O–H groups in total. The highest BCUT2D eigenvalue weighted by atomic mass is 16.5. The quantitative estimate of drug-likeness (QED) is 0.242. The second-order valence-corrected chi connectivity index (χ2v) is 7.53. The maximum absolute atomic E-state index is 13.4. The number of aromatic nitrogens is 1. The van der Waals surface area contributed by atoms with Crippen LogP contribution in [0.5, 0.6) is 11.5 Å². The molecule has 0 saturated heterocycles. The van der Waals surface area contributed by atoms with Gasteiger partial charge in [0.05, 0.1) is 25.3 Å². The zero-order chi connectivity index (χ0) is 23.2. The summed E-state index contributed by atoms with van der Waals surface area (Å²) in [6.45, 7) is 1.87. The van der Waals surface area contributed by atoms with Gasteiger partial charge in [-0.25, -0.2) is 0 Å². The van der Waals surface area contributed by atoms with E-state index in [1.165, 1.54) is 0 Å². The topological polar surface area (TPSA) is 48.4 Å². The highest BCUT2D eigenvalue weighted by molar-refractivity contribution is 6.13. The molecular formula is C29H25NO3. The molecule has 4 heteroatoms. The van der Waals surface area contributed by atoms with Crippen LogP contribution in [0.25, 0.3) is 29.1 Å². The molecule has 4 rings (SSSR count). The van der Waals surface area contributed by atoms with E-state index in [0.29, 0.717) is 22.8 Å². The Kier molecular flexibility index (Phi) is 6.65. The van der Waals surface area contributed by atoms with Crippen molar-refractivity contribution < 1.29 is 14.3 Å². The van der Waals surface area contributed by atoms with Crippen LogP contribution in [0.1, 0.15) is 32.7 Å². The number of ether oxygens (including phenoxy) is 2. The fourth-order valence-electron chi connectivity index (χ4n) is 3.88. The van der Waals surface area contributed by atoms with Crippen molar-refractivity contribution >= 4 is 34.9 Å². The van der Waals surface area contributed by atoms with Crippen LogP contribution >= 0.6 is 0 Å². The number of carbonyl (C=O) groups is 1. The van der Waals surface area contributed by atoms with Crippen LogP contribution in [0.3, 0.4) is 0 Å². The van der Waals surface area contributed by atoms with Crippen molar-refractivity contribution in [2.24, 2.45) is 0 Å². The molecule has 0 fully saturated rings. The smallest absolute Gasteiger partial charge is 0.188 e. The molecule has 0 atom stereocenters. The predicted octanol–water partition coefficient (Wildman–Crippen LogP) is 6.63. The summed E-state index contributed by atoms with van der Waals surface area (Å²) in [7, 11) is 3.17. The minimum Gasteiger partial charge on any atom is -0.493 e. The summed E-state index contributed by atoms with van der Waals surface area (Å²) in [6, 6.07) is 23.5. The zero-order valence-corrected chi connectivity index (χ0v) is 18.9.